The number of likely N-dealkylation sites (tertiary alicyclic amines) is 1. The summed E-state index contributed by atoms with van der Waals surface area (Å²) in [4.78, 5) is 14.4. The van der Waals surface area contributed by atoms with Crippen molar-refractivity contribution in [2.45, 2.75) is 50.6 Å². The van der Waals surface area contributed by atoms with Crippen molar-refractivity contribution in [1.82, 2.24) is 14.8 Å². The van der Waals surface area contributed by atoms with Gasteiger partial charge in [-0.1, -0.05) is 5.16 Å². The van der Waals surface area contributed by atoms with E-state index in [0.717, 1.165) is 12.8 Å². The molecule has 1 aliphatic heterocycles. The zero-order valence-corrected chi connectivity index (χ0v) is 15.0. The molecule has 24 heavy (non-hydrogen) atoms. The summed E-state index contributed by atoms with van der Waals surface area (Å²) in [5, 5.41) is 3.66. The van der Waals surface area contributed by atoms with Gasteiger partial charge in [0.25, 0.3) is 0 Å². The van der Waals surface area contributed by atoms with Gasteiger partial charge in [0.05, 0.1) is 6.04 Å². The Labute approximate surface area is 141 Å². The quantitative estimate of drug-likeness (QED) is 0.793. The summed E-state index contributed by atoms with van der Waals surface area (Å²) in [7, 11) is -3.86. The average molecular weight is 356 g/mol. The summed E-state index contributed by atoms with van der Waals surface area (Å²) < 4.78 is 32.4. The number of sulfonamides is 1. The zero-order chi connectivity index (χ0) is 17.6. The molecule has 0 spiro atoms. The molecule has 3 N–H and O–H groups in total. The molecule has 1 saturated carbocycles. The maximum atomic E-state index is 12.6. The number of aryl methyl sites for hydroxylation is 2. The first-order chi connectivity index (χ1) is 11.2. The molecule has 0 aromatic carbocycles. The monoisotopic (exact) mass is 356 g/mol. The lowest BCUT2D eigenvalue weighted by Crippen LogP contribution is -2.46. The highest BCUT2D eigenvalue weighted by Crippen LogP contribution is 2.37. The second-order valence-electron chi connectivity index (χ2n) is 6.90. The van der Waals surface area contributed by atoms with Gasteiger partial charge < -0.3 is 15.2 Å². The number of carbonyl (C=O) groups excluding carboxylic acids is 1. The Hall–Kier alpha value is -1.45. The smallest absolute Gasteiger partial charge is 0.246 e. The van der Waals surface area contributed by atoms with Crippen molar-refractivity contribution >= 4 is 15.9 Å². The van der Waals surface area contributed by atoms with E-state index in [1.807, 2.05) is 0 Å². The van der Waals surface area contributed by atoms with Gasteiger partial charge in [-0.2, -0.15) is 4.72 Å². The summed E-state index contributed by atoms with van der Waals surface area (Å²) in [5.74, 6) is 0.768. The molecule has 2 heterocycles. The minimum Gasteiger partial charge on any atom is -0.360 e. The fraction of sp³-hybridized carbons (Fsp3) is 0.733. The minimum atomic E-state index is -3.86. The van der Waals surface area contributed by atoms with Crippen molar-refractivity contribution in [3.8, 4) is 0 Å². The van der Waals surface area contributed by atoms with Gasteiger partial charge in [0.15, 0.2) is 5.76 Å². The summed E-state index contributed by atoms with van der Waals surface area (Å²) in [6, 6.07) is -0.708. The standard InChI is InChI=1S/C15H24N4O4S/c1-8-14(10(3)23-17-8)24(21,22)18-9(2)15(20)19-6-11-4-5-13(16)12(11)7-19/h9,11-13,18H,4-7,16H2,1-3H3. The Kier molecular flexibility index (Phi) is 4.43. The molecule has 2 fully saturated rings. The number of amides is 1. The molecular formula is C15H24N4O4S. The third-order valence-corrected chi connectivity index (χ3v) is 6.95. The van der Waals surface area contributed by atoms with Gasteiger partial charge >= 0.3 is 0 Å². The second-order valence-corrected chi connectivity index (χ2v) is 8.56. The molecule has 0 bridgehead atoms. The van der Waals surface area contributed by atoms with Crippen LogP contribution in [0.1, 0.15) is 31.2 Å². The number of carbonyl (C=O) groups is 1. The van der Waals surface area contributed by atoms with Crippen LogP contribution in [0.25, 0.3) is 0 Å². The summed E-state index contributed by atoms with van der Waals surface area (Å²) in [6.07, 6.45) is 2.04. The van der Waals surface area contributed by atoms with E-state index in [0.29, 0.717) is 24.9 Å². The van der Waals surface area contributed by atoms with E-state index in [2.05, 4.69) is 9.88 Å². The number of nitrogens with zero attached hydrogens (tertiary/aromatic N) is 2. The molecule has 1 aromatic rings. The number of hydrogen-bond acceptors (Lipinski definition) is 6. The van der Waals surface area contributed by atoms with E-state index >= 15 is 0 Å². The second kappa shape index (κ2) is 6.12. The van der Waals surface area contributed by atoms with Crippen LogP contribution in [0.4, 0.5) is 0 Å². The van der Waals surface area contributed by atoms with E-state index < -0.39 is 16.1 Å². The van der Waals surface area contributed by atoms with Crippen molar-refractivity contribution < 1.29 is 17.7 Å². The Morgan fingerprint density at radius 3 is 2.67 bits per heavy atom. The molecule has 134 valence electrons. The van der Waals surface area contributed by atoms with Crippen molar-refractivity contribution in [1.29, 1.82) is 0 Å². The molecule has 8 nitrogen and oxygen atoms in total. The largest absolute Gasteiger partial charge is 0.360 e. The third kappa shape index (κ3) is 2.96. The van der Waals surface area contributed by atoms with E-state index in [9.17, 15) is 13.2 Å². The first-order valence-corrected chi connectivity index (χ1v) is 9.68. The highest BCUT2D eigenvalue weighted by atomic mass is 32.2. The topological polar surface area (TPSA) is 119 Å². The van der Waals surface area contributed by atoms with Crippen LogP contribution in [0.3, 0.4) is 0 Å². The summed E-state index contributed by atoms with van der Waals surface area (Å²) in [6.45, 7) is 5.92. The van der Waals surface area contributed by atoms with Crippen LogP contribution in [-0.2, 0) is 14.8 Å². The maximum Gasteiger partial charge on any atom is 0.246 e. The number of rotatable bonds is 4. The van der Waals surface area contributed by atoms with Crippen LogP contribution in [0.2, 0.25) is 0 Å². The first kappa shape index (κ1) is 17.4. The Morgan fingerprint density at radius 2 is 2.08 bits per heavy atom. The Bertz CT molecular complexity index is 725. The van der Waals surface area contributed by atoms with Gasteiger partial charge in [-0.15, -0.1) is 0 Å². The fourth-order valence-electron chi connectivity index (χ4n) is 3.96. The fourth-order valence-corrected chi connectivity index (χ4v) is 5.49. The predicted octanol–water partition coefficient (Wildman–Crippen LogP) is 0.154. The van der Waals surface area contributed by atoms with Gasteiger partial charge in [-0.3, -0.25) is 4.79 Å². The maximum absolute atomic E-state index is 12.6. The van der Waals surface area contributed by atoms with E-state index in [1.54, 1.807) is 18.7 Å². The first-order valence-electron chi connectivity index (χ1n) is 8.20. The molecule has 0 radical (unpaired) electrons. The molecule has 3 rings (SSSR count). The molecule has 1 aliphatic carbocycles. The molecular weight excluding hydrogens is 332 g/mol. The van der Waals surface area contributed by atoms with E-state index in [1.165, 1.54) is 6.92 Å². The van der Waals surface area contributed by atoms with Crippen molar-refractivity contribution in [3.63, 3.8) is 0 Å². The highest BCUT2D eigenvalue weighted by molar-refractivity contribution is 7.89. The average Bonchev–Trinajstić information content (AvgIpc) is 3.15. The van der Waals surface area contributed by atoms with Crippen molar-refractivity contribution in [3.05, 3.63) is 11.5 Å². The Balaban J connectivity index is 1.69. The highest BCUT2D eigenvalue weighted by Gasteiger charge is 2.43. The molecule has 1 saturated heterocycles. The van der Waals surface area contributed by atoms with Crippen LogP contribution in [0, 0.1) is 25.7 Å². The van der Waals surface area contributed by atoms with Gasteiger partial charge in [0.2, 0.25) is 15.9 Å². The number of hydrogen-bond donors (Lipinski definition) is 2. The van der Waals surface area contributed by atoms with Gasteiger partial charge in [0.1, 0.15) is 10.6 Å². The predicted molar refractivity (Wildman–Crippen MR) is 86.5 cm³/mol. The molecule has 1 amide bonds. The SMILES string of the molecule is Cc1noc(C)c1S(=O)(=O)NC(C)C(=O)N1CC2CCC(N)C2C1. The normalized spacial score (nSPS) is 28.2. The number of nitrogens with one attached hydrogen (secondary N) is 1. The third-order valence-electron chi connectivity index (χ3n) is 5.16. The van der Waals surface area contributed by atoms with Crippen LogP contribution < -0.4 is 10.5 Å². The number of aromatic nitrogens is 1. The van der Waals surface area contributed by atoms with Gasteiger partial charge in [0, 0.05) is 19.1 Å². The number of nitrogens with two attached hydrogens (primary N) is 1. The van der Waals surface area contributed by atoms with E-state index in [4.69, 9.17) is 10.3 Å². The van der Waals surface area contributed by atoms with Crippen molar-refractivity contribution in [2.24, 2.45) is 17.6 Å². The molecule has 2 aliphatic rings. The van der Waals surface area contributed by atoms with Gasteiger partial charge in [-0.25, -0.2) is 8.42 Å². The summed E-state index contributed by atoms with van der Waals surface area (Å²) >= 11 is 0. The zero-order valence-electron chi connectivity index (χ0n) is 14.2. The van der Waals surface area contributed by atoms with Crippen LogP contribution in [-0.4, -0.2) is 49.6 Å². The molecule has 4 atom stereocenters. The van der Waals surface area contributed by atoms with Gasteiger partial charge in [-0.05, 0) is 45.4 Å². The summed E-state index contributed by atoms with van der Waals surface area (Å²) in [5.41, 5.74) is 6.37. The lowest BCUT2D eigenvalue weighted by Gasteiger charge is -2.23. The van der Waals surface area contributed by atoms with Crippen LogP contribution in [0.15, 0.2) is 9.42 Å². The minimum absolute atomic E-state index is 0.00228. The van der Waals surface area contributed by atoms with E-state index in [-0.39, 0.29) is 28.3 Å². The number of fused-ring (bicyclic) bond motifs is 1. The lowest BCUT2D eigenvalue weighted by atomic mass is 9.98. The Morgan fingerprint density at radius 1 is 1.38 bits per heavy atom. The van der Waals surface area contributed by atoms with Crippen LogP contribution in [0.5, 0.6) is 0 Å². The molecule has 1 aromatic heterocycles. The van der Waals surface area contributed by atoms with Crippen LogP contribution >= 0.6 is 0 Å². The molecule has 9 heteroatoms. The lowest BCUT2D eigenvalue weighted by molar-refractivity contribution is -0.131. The molecule has 4 unspecified atom stereocenters. The van der Waals surface area contributed by atoms with Crippen molar-refractivity contribution in [2.75, 3.05) is 13.1 Å².